The number of amides is 1. The minimum absolute atomic E-state index is 0.0248. The van der Waals surface area contributed by atoms with Crippen molar-refractivity contribution in [2.75, 3.05) is 0 Å². The SMILES string of the molecule is O=C(NCc1ccc(-n2ccnc2)c(F)c1)c1ccc(S(=O)(=O)C(F)F)cc1. The van der Waals surface area contributed by atoms with Crippen LogP contribution >= 0.6 is 0 Å². The number of benzene rings is 2. The molecular weight excluding hydrogens is 395 g/mol. The Morgan fingerprint density at radius 2 is 1.86 bits per heavy atom. The topological polar surface area (TPSA) is 81.1 Å². The Hall–Kier alpha value is -3.14. The summed E-state index contributed by atoms with van der Waals surface area (Å²) in [7, 11) is -4.72. The average Bonchev–Trinajstić information content (AvgIpc) is 3.20. The highest BCUT2D eigenvalue weighted by atomic mass is 32.2. The van der Waals surface area contributed by atoms with Crippen molar-refractivity contribution in [1.29, 1.82) is 0 Å². The van der Waals surface area contributed by atoms with Gasteiger partial charge in [0.2, 0.25) is 9.84 Å². The molecule has 0 unspecified atom stereocenters. The summed E-state index contributed by atoms with van der Waals surface area (Å²) < 4.78 is 63.5. The summed E-state index contributed by atoms with van der Waals surface area (Å²) in [5.41, 5.74) is 0.902. The van der Waals surface area contributed by atoms with Crippen LogP contribution in [0.3, 0.4) is 0 Å². The first kappa shape index (κ1) is 19.6. The Balaban J connectivity index is 1.67. The Morgan fingerprint density at radius 3 is 2.43 bits per heavy atom. The summed E-state index contributed by atoms with van der Waals surface area (Å²) in [6.07, 6.45) is 4.57. The first-order valence-electron chi connectivity index (χ1n) is 7.96. The number of hydrogen-bond acceptors (Lipinski definition) is 4. The molecule has 0 saturated heterocycles. The molecule has 0 bridgehead atoms. The highest BCUT2D eigenvalue weighted by Crippen LogP contribution is 2.19. The number of nitrogens with one attached hydrogen (secondary N) is 1. The minimum atomic E-state index is -4.72. The zero-order chi connectivity index (χ0) is 20.3. The predicted molar refractivity (Wildman–Crippen MR) is 94.3 cm³/mol. The van der Waals surface area contributed by atoms with Crippen LogP contribution in [0, 0.1) is 5.82 Å². The van der Waals surface area contributed by atoms with E-state index in [1.165, 1.54) is 23.2 Å². The smallest absolute Gasteiger partial charge is 0.341 e. The quantitative estimate of drug-likeness (QED) is 0.679. The van der Waals surface area contributed by atoms with Crippen molar-refractivity contribution >= 4 is 15.7 Å². The van der Waals surface area contributed by atoms with Gasteiger partial charge in [-0.15, -0.1) is 0 Å². The summed E-state index contributed by atoms with van der Waals surface area (Å²) in [5.74, 6) is -4.58. The third-order valence-electron chi connectivity index (χ3n) is 3.93. The zero-order valence-corrected chi connectivity index (χ0v) is 15.0. The molecule has 0 atom stereocenters. The lowest BCUT2D eigenvalue weighted by Crippen LogP contribution is -2.23. The molecule has 0 aliphatic heterocycles. The van der Waals surface area contributed by atoms with Gasteiger partial charge in [0, 0.05) is 24.5 Å². The lowest BCUT2D eigenvalue weighted by Gasteiger charge is -2.09. The van der Waals surface area contributed by atoms with Gasteiger partial charge in [0.1, 0.15) is 5.82 Å². The number of aromatic nitrogens is 2. The minimum Gasteiger partial charge on any atom is -0.348 e. The third kappa shape index (κ3) is 4.06. The number of carbonyl (C=O) groups is 1. The average molecular weight is 409 g/mol. The maximum absolute atomic E-state index is 14.2. The lowest BCUT2D eigenvalue weighted by molar-refractivity contribution is 0.0950. The molecule has 1 amide bonds. The van der Waals surface area contributed by atoms with Crippen molar-refractivity contribution in [1.82, 2.24) is 14.9 Å². The van der Waals surface area contributed by atoms with Crippen molar-refractivity contribution in [2.24, 2.45) is 0 Å². The number of nitrogens with zero attached hydrogens (tertiary/aromatic N) is 2. The third-order valence-corrected chi connectivity index (χ3v) is 5.33. The molecule has 10 heteroatoms. The van der Waals surface area contributed by atoms with Gasteiger partial charge >= 0.3 is 5.76 Å². The molecule has 0 saturated carbocycles. The Bertz CT molecular complexity index is 1080. The van der Waals surface area contributed by atoms with Gasteiger partial charge in [0.05, 0.1) is 16.9 Å². The van der Waals surface area contributed by atoms with Crippen LogP contribution in [0.2, 0.25) is 0 Å². The number of hydrogen-bond donors (Lipinski definition) is 1. The monoisotopic (exact) mass is 409 g/mol. The zero-order valence-electron chi connectivity index (χ0n) is 14.2. The van der Waals surface area contributed by atoms with E-state index in [2.05, 4.69) is 10.3 Å². The van der Waals surface area contributed by atoms with Crippen LogP contribution in [0.1, 0.15) is 15.9 Å². The normalized spacial score (nSPS) is 11.6. The molecule has 0 aliphatic rings. The highest BCUT2D eigenvalue weighted by Gasteiger charge is 2.26. The van der Waals surface area contributed by atoms with Gasteiger partial charge in [-0.3, -0.25) is 4.79 Å². The molecule has 6 nitrogen and oxygen atoms in total. The van der Waals surface area contributed by atoms with E-state index in [-0.39, 0.29) is 12.1 Å². The number of halogens is 3. The van der Waals surface area contributed by atoms with Crippen molar-refractivity contribution < 1.29 is 26.4 Å². The lowest BCUT2D eigenvalue weighted by atomic mass is 10.1. The highest BCUT2D eigenvalue weighted by molar-refractivity contribution is 7.91. The van der Waals surface area contributed by atoms with Crippen LogP contribution in [-0.2, 0) is 16.4 Å². The van der Waals surface area contributed by atoms with Gasteiger partial charge < -0.3 is 9.88 Å². The van der Waals surface area contributed by atoms with Crippen LogP contribution in [0.25, 0.3) is 5.69 Å². The summed E-state index contributed by atoms with van der Waals surface area (Å²) in [5, 5.41) is 2.56. The molecule has 1 aromatic heterocycles. The van der Waals surface area contributed by atoms with E-state index in [1.807, 2.05) is 0 Å². The molecular formula is C18H14F3N3O3S. The van der Waals surface area contributed by atoms with E-state index >= 15 is 0 Å². The number of sulfone groups is 1. The van der Waals surface area contributed by atoms with Crippen LogP contribution in [-0.4, -0.2) is 29.6 Å². The summed E-state index contributed by atoms with van der Waals surface area (Å²) in [6, 6.07) is 8.60. The van der Waals surface area contributed by atoms with Crippen LogP contribution in [0.5, 0.6) is 0 Å². The summed E-state index contributed by atoms with van der Waals surface area (Å²) >= 11 is 0. The second kappa shape index (κ2) is 7.85. The molecule has 0 fully saturated rings. The van der Waals surface area contributed by atoms with Gasteiger partial charge in [-0.2, -0.15) is 8.78 Å². The molecule has 3 aromatic rings. The second-order valence-corrected chi connectivity index (χ2v) is 7.69. The second-order valence-electron chi connectivity index (χ2n) is 5.77. The standard InChI is InChI=1S/C18H14F3N3O3S/c19-15-9-12(1-6-16(15)24-8-7-22-11-24)10-23-17(25)13-2-4-14(5-3-13)28(26,27)18(20)21/h1-9,11,18H,10H2,(H,23,25). The number of carbonyl (C=O) groups excluding carboxylic acids is 1. The van der Waals surface area contributed by atoms with E-state index in [9.17, 15) is 26.4 Å². The largest absolute Gasteiger partial charge is 0.348 e. The molecule has 0 radical (unpaired) electrons. The molecule has 0 spiro atoms. The van der Waals surface area contributed by atoms with Gasteiger partial charge in [-0.1, -0.05) is 6.07 Å². The Kier molecular flexibility index (Phi) is 5.50. The molecule has 1 N–H and O–H groups in total. The number of rotatable bonds is 6. The van der Waals surface area contributed by atoms with Gasteiger partial charge in [-0.05, 0) is 42.0 Å². The van der Waals surface area contributed by atoms with Crippen molar-refractivity contribution in [3.8, 4) is 5.69 Å². The van der Waals surface area contributed by atoms with Crippen molar-refractivity contribution in [2.45, 2.75) is 17.2 Å². The Labute approximate surface area is 158 Å². The first-order valence-corrected chi connectivity index (χ1v) is 9.51. The van der Waals surface area contributed by atoms with E-state index < -0.39 is 32.2 Å². The van der Waals surface area contributed by atoms with Crippen LogP contribution in [0.15, 0.2) is 66.1 Å². The van der Waals surface area contributed by atoms with Gasteiger partial charge in [-0.25, -0.2) is 17.8 Å². The first-order chi connectivity index (χ1) is 13.3. The van der Waals surface area contributed by atoms with Crippen LogP contribution < -0.4 is 5.32 Å². The molecule has 2 aromatic carbocycles. The van der Waals surface area contributed by atoms with E-state index in [1.54, 1.807) is 18.3 Å². The maximum atomic E-state index is 14.2. The van der Waals surface area contributed by atoms with Gasteiger partial charge in [0.15, 0.2) is 0 Å². The number of alkyl halides is 2. The summed E-state index contributed by atoms with van der Waals surface area (Å²) in [6.45, 7) is 0.0248. The maximum Gasteiger partial charge on any atom is 0.341 e. The molecule has 1 heterocycles. The molecule has 28 heavy (non-hydrogen) atoms. The fourth-order valence-electron chi connectivity index (χ4n) is 2.45. The summed E-state index contributed by atoms with van der Waals surface area (Å²) in [4.78, 5) is 15.4. The fourth-order valence-corrected chi connectivity index (χ4v) is 3.18. The van der Waals surface area contributed by atoms with E-state index in [4.69, 9.17) is 0 Å². The van der Waals surface area contributed by atoms with E-state index in [0.717, 1.165) is 24.3 Å². The van der Waals surface area contributed by atoms with E-state index in [0.29, 0.717) is 11.3 Å². The Morgan fingerprint density at radius 1 is 1.14 bits per heavy atom. The van der Waals surface area contributed by atoms with Crippen molar-refractivity contribution in [3.63, 3.8) is 0 Å². The molecule has 146 valence electrons. The molecule has 3 rings (SSSR count). The molecule has 0 aliphatic carbocycles. The van der Waals surface area contributed by atoms with Crippen molar-refractivity contribution in [3.05, 3.63) is 78.1 Å². The van der Waals surface area contributed by atoms with Crippen LogP contribution in [0.4, 0.5) is 13.2 Å². The predicted octanol–water partition coefficient (Wildman–Crippen LogP) is 2.94. The number of imidazole rings is 1. The fraction of sp³-hybridized carbons (Fsp3) is 0.111. The van der Waals surface area contributed by atoms with Gasteiger partial charge in [0.25, 0.3) is 5.91 Å².